The number of carbonyl (C=O) groups excluding carboxylic acids is 1. The number of halogens is 2. The van der Waals surface area contributed by atoms with E-state index in [4.69, 9.17) is 22.1 Å². The number of hydrogen-bond acceptors (Lipinski definition) is 3. The first-order chi connectivity index (χ1) is 9.88. The minimum absolute atomic E-state index is 0.00347. The van der Waals surface area contributed by atoms with Crippen molar-refractivity contribution in [3.05, 3.63) is 27.7 Å². The van der Waals surface area contributed by atoms with Gasteiger partial charge in [-0.05, 0) is 60.8 Å². The van der Waals surface area contributed by atoms with E-state index in [-0.39, 0.29) is 18.0 Å². The molecule has 1 saturated heterocycles. The smallest absolute Gasteiger partial charge is 0.263 e. The topological polar surface area (TPSA) is 55.6 Å². The lowest BCUT2D eigenvalue weighted by Crippen LogP contribution is -2.51. The third kappa shape index (κ3) is 4.11. The van der Waals surface area contributed by atoms with Crippen molar-refractivity contribution < 1.29 is 9.53 Å². The summed E-state index contributed by atoms with van der Waals surface area (Å²) in [4.78, 5) is 14.4. The van der Waals surface area contributed by atoms with Gasteiger partial charge in [-0.3, -0.25) is 4.79 Å². The molecule has 116 valence electrons. The first-order valence-electron chi connectivity index (χ1n) is 7.06. The Bertz CT molecular complexity index is 526. The van der Waals surface area contributed by atoms with E-state index in [0.29, 0.717) is 17.3 Å². The molecule has 0 unspecified atom stereocenters. The van der Waals surface area contributed by atoms with Crippen LogP contribution in [0.3, 0.4) is 0 Å². The lowest BCUT2D eigenvalue weighted by Gasteiger charge is -2.37. The Balaban J connectivity index is 2.02. The van der Waals surface area contributed by atoms with Crippen LogP contribution in [-0.2, 0) is 4.79 Å². The molecule has 1 amide bonds. The molecule has 3 atom stereocenters. The van der Waals surface area contributed by atoms with Crippen molar-refractivity contribution in [2.45, 2.75) is 44.9 Å². The zero-order chi connectivity index (χ0) is 15.6. The highest BCUT2D eigenvalue weighted by Crippen LogP contribution is 2.29. The third-order valence-electron chi connectivity index (χ3n) is 3.75. The number of carbonyl (C=O) groups is 1. The van der Waals surface area contributed by atoms with Gasteiger partial charge in [0, 0.05) is 23.7 Å². The van der Waals surface area contributed by atoms with Crippen LogP contribution >= 0.6 is 27.5 Å². The van der Waals surface area contributed by atoms with Gasteiger partial charge in [0.1, 0.15) is 5.75 Å². The predicted molar refractivity (Wildman–Crippen MR) is 87.6 cm³/mol. The average Bonchev–Trinajstić information content (AvgIpc) is 2.41. The summed E-state index contributed by atoms with van der Waals surface area (Å²) in [6.45, 7) is 4.49. The van der Waals surface area contributed by atoms with Crippen LogP contribution in [0.15, 0.2) is 22.7 Å². The molecule has 0 aromatic heterocycles. The Morgan fingerprint density at radius 2 is 2.29 bits per heavy atom. The maximum Gasteiger partial charge on any atom is 0.263 e. The predicted octanol–water partition coefficient (Wildman–Crippen LogP) is 3.21. The number of benzene rings is 1. The van der Waals surface area contributed by atoms with Crippen LogP contribution in [-0.4, -0.2) is 35.5 Å². The van der Waals surface area contributed by atoms with E-state index < -0.39 is 6.10 Å². The Kier molecular flexibility index (Phi) is 5.52. The van der Waals surface area contributed by atoms with Crippen LogP contribution in [0.1, 0.15) is 26.7 Å². The number of hydrogen-bond donors (Lipinski definition) is 1. The van der Waals surface area contributed by atoms with Crippen molar-refractivity contribution >= 4 is 33.4 Å². The van der Waals surface area contributed by atoms with Gasteiger partial charge in [0.15, 0.2) is 6.10 Å². The zero-order valence-electron chi connectivity index (χ0n) is 12.2. The van der Waals surface area contributed by atoms with E-state index in [1.54, 1.807) is 25.1 Å². The standard InChI is InChI=1S/C15H20BrClN2O2/c1-9-7-12(18)5-6-19(9)15(20)10(2)21-14-4-3-11(17)8-13(14)16/h3-4,8-10,12H,5-7,18H2,1-2H3/t9-,10+,12-/m1/s1. The van der Waals surface area contributed by atoms with Crippen LogP contribution in [0, 0.1) is 0 Å². The summed E-state index contributed by atoms with van der Waals surface area (Å²) < 4.78 is 6.50. The lowest BCUT2D eigenvalue weighted by atomic mass is 9.98. The average molecular weight is 376 g/mol. The van der Waals surface area contributed by atoms with Gasteiger partial charge >= 0.3 is 0 Å². The van der Waals surface area contributed by atoms with Gasteiger partial charge < -0.3 is 15.4 Å². The van der Waals surface area contributed by atoms with Crippen molar-refractivity contribution in [2.75, 3.05) is 6.54 Å². The minimum atomic E-state index is -0.542. The van der Waals surface area contributed by atoms with Gasteiger partial charge in [0.2, 0.25) is 0 Å². The first-order valence-corrected chi connectivity index (χ1v) is 8.23. The maximum atomic E-state index is 12.5. The molecule has 0 bridgehead atoms. The van der Waals surface area contributed by atoms with Gasteiger partial charge in [-0.2, -0.15) is 0 Å². The highest BCUT2D eigenvalue weighted by molar-refractivity contribution is 9.10. The second-order valence-electron chi connectivity index (χ2n) is 5.50. The third-order valence-corrected chi connectivity index (χ3v) is 4.60. The van der Waals surface area contributed by atoms with Crippen LogP contribution in [0.25, 0.3) is 0 Å². The number of piperidine rings is 1. The van der Waals surface area contributed by atoms with Gasteiger partial charge in [-0.25, -0.2) is 0 Å². The molecule has 1 aliphatic rings. The van der Waals surface area contributed by atoms with Crippen LogP contribution in [0.4, 0.5) is 0 Å². The van der Waals surface area contributed by atoms with E-state index in [1.807, 2.05) is 11.8 Å². The van der Waals surface area contributed by atoms with Crippen LogP contribution in [0.2, 0.25) is 5.02 Å². The zero-order valence-corrected chi connectivity index (χ0v) is 14.5. The molecule has 0 aliphatic carbocycles. The minimum Gasteiger partial charge on any atom is -0.480 e. The molecule has 2 N–H and O–H groups in total. The fourth-order valence-electron chi connectivity index (χ4n) is 2.58. The van der Waals surface area contributed by atoms with Crippen molar-refractivity contribution in [3.63, 3.8) is 0 Å². The summed E-state index contributed by atoms with van der Waals surface area (Å²) >= 11 is 9.29. The highest BCUT2D eigenvalue weighted by Gasteiger charge is 2.30. The summed E-state index contributed by atoms with van der Waals surface area (Å²) in [5.74, 6) is 0.609. The molecule has 1 aliphatic heterocycles. The van der Waals surface area contributed by atoms with E-state index in [2.05, 4.69) is 15.9 Å². The fourth-order valence-corrected chi connectivity index (χ4v) is 3.36. The Morgan fingerprint density at radius 3 is 2.90 bits per heavy atom. The Morgan fingerprint density at radius 1 is 1.57 bits per heavy atom. The molecule has 0 spiro atoms. The molecule has 21 heavy (non-hydrogen) atoms. The molecule has 2 rings (SSSR count). The number of nitrogens with two attached hydrogens (primary N) is 1. The van der Waals surface area contributed by atoms with Gasteiger partial charge in [-0.15, -0.1) is 0 Å². The second kappa shape index (κ2) is 6.99. The van der Waals surface area contributed by atoms with E-state index >= 15 is 0 Å². The number of ether oxygens (including phenoxy) is 1. The van der Waals surface area contributed by atoms with Gasteiger partial charge in [0.05, 0.1) is 4.47 Å². The first kappa shape index (κ1) is 16.6. The normalized spacial score (nSPS) is 23.8. The summed E-state index contributed by atoms with van der Waals surface area (Å²) in [6.07, 6.45) is 1.13. The quantitative estimate of drug-likeness (QED) is 0.882. The summed E-state index contributed by atoms with van der Waals surface area (Å²) in [5, 5.41) is 0.617. The molecular formula is C15H20BrClN2O2. The molecule has 1 heterocycles. The molecule has 1 aromatic rings. The van der Waals surface area contributed by atoms with Crippen LogP contribution in [0.5, 0.6) is 5.75 Å². The molecular weight excluding hydrogens is 356 g/mol. The van der Waals surface area contributed by atoms with Gasteiger partial charge in [-0.1, -0.05) is 11.6 Å². The lowest BCUT2D eigenvalue weighted by molar-refractivity contribution is -0.141. The number of nitrogens with zero attached hydrogens (tertiary/aromatic N) is 1. The van der Waals surface area contributed by atoms with E-state index in [9.17, 15) is 4.79 Å². The van der Waals surface area contributed by atoms with Gasteiger partial charge in [0.25, 0.3) is 5.91 Å². The molecule has 4 nitrogen and oxygen atoms in total. The van der Waals surface area contributed by atoms with Crippen molar-refractivity contribution in [1.29, 1.82) is 0 Å². The van der Waals surface area contributed by atoms with E-state index in [0.717, 1.165) is 17.3 Å². The van der Waals surface area contributed by atoms with Crippen LogP contribution < -0.4 is 10.5 Å². The summed E-state index contributed by atoms with van der Waals surface area (Å²) in [6, 6.07) is 5.58. The highest BCUT2D eigenvalue weighted by atomic mass is 79.9. The van der Waals surface area contributed by atoms with Crippen molar-refractivity contribution in [2.24, 2.45) is 5.73 Å². The van der Waals surface area contributed by atoms with E-state index in [1.165, 1.54) is 0 Å². The molecule has 6 heteroatoms. The second-order valence-corrected chi connectivity index (χ2v) is 6.79. The molecule has 0 saturated carbocycles. The SMILES string of the molecule is C[C@H](Oc1ccc(Cl)cc1Br)C(=O)N1CC[C@@H](N)C[C@H]1C. The summed E-state index contributed by atoms with van der Waals surface area (Å²) in [7, 11) is 0. The number of amides is 1. The summed E-state index contributed by atoms with van der Waals surface area (Å²) in [5.41, 5.74) is 5.93. The number of likely N-dealkylation sites (tertiary alicyclic amines) is 1. The monoisotopic (exact) mass is 374 g/mol. The fraction of sp³-hybridized carbons (Fsp3) is 0.533. The molecule has 1 aromatic carbocycles. The molecule has 0 radical (unpaired) electrons. The van der Waals surface area contributed by atoms with Crippen molar-refractivity contribution in [1.82, 2.24) is 4.90 Å². The number of rotatable bonds is 3. The Hall–Kier alpha value is -0.780. The Labute approximate surface area is 138 Å². The molecule has 1 fully saturated rings. The maximum absolute atomic E-state index is 12.5. The largest absolute Gasteiger partial charge is 0.480 e. The van der Waals surface area contributed by atoms with Crippen molar-refractivity contribution in [3.8, 4) is 5.75 Å².